The van der Waals surface area contributed by atoms with Crippen molar-refractivity contribution in [2.24, 2.45) is 5.92 Å². The van der Waals surface area contributed by atoms with Crippen LogP contribution in [-0.4, -0.2) is 68.0 Å². The van der Waals surface area contributed by atoms with Crippen LogP contribution < -0.4 is 4.72 Å². The number of aliphatic carboxylic acids is 1. The summed E-state index contributed by atoms with van der Waals surface area (Å²) in [6.07, 6.45) is 3.90. The van der Waals surface area contributed by atoms with Crippen LogP contribution in [0.3, 0.4) is 0 Å². The van der Waals surface area contributed by atoms with Gasteiger partial charge in [0, 0.05) is 25.2 Å². The smallest absolute Gasteiger partial charge is 0.306 e. The summed E-state index contributed by atoms with van der Waals surface area (Å²) in [5.74, 6) is -1.25. The minimum atomic E-state index is -3.51. The van der Waals surface area contributed by atoms with Crippen molar-refractivity contribution in [2.75, 3.05) is 33.7 Å². The number of carboxylic acids is 1. The number of carboxylic acid groups (broad SMARTS) is 1. The van der Waals surface area contributed by atoms with Crippen LogP contribution >= 0.6 is 0 Å². The van der Waals surface area contributed by atoms with Gasteiger partial charge in [0.15, 0.2) is 0 Å². The Morgan fingerprint density at radius 2 is 1.90 bits per heavy atom. The molecule has 0 bridgehead atoms. The fourth-order valence-corrected chi connectivity index (χ4v) is 4.35. The molecule has 122 valence electrons. The highest BCUT2D eigenvalue weighted by molar-refractivity contribution is 7.87. The number of nitrogens with zero attached hydrogens (tertiary/aromatic N) is 2. The largest absolute Gasteiger partial charge is 0.481 e. The summed E-state index contributed by atoms with van der Waals surface area (Å²) in [6.45, 7) is 0.976. The molecule has 0 radical (unpaired) electrons. The van der Waals surface area contributed by atoms with Crippen LogP contribution in [0.15, 0.2) is 0 Å². The summed E-state index contributed by atoms with van der Waals surface area (Å²) >= 11 is 0. The van der Waals surface area contributed by atoms with Gasteiger partial charge < -0.3 is 10.0 Å². The van der Waals surface area contributed by atoms with E-state index in [9.17, 15) is 13.2 Å². The first-order chi connectivity index (χ1) is 9.77. The van der Waals surface area contributed by atoms with Gasteiger partial charge in [0.1, 0.15) is 0 Å². The second-order valence-electron chi connectivity index (χ2n) is 6.31. The van der Waals surface area contributed by atoms with Gasteiger partial charge in [-0.2, -0.15) is 12.7 Å². The molecule has 2 N–H and O–H groups in total. The fraction of sp³-hybridized carbons (Fsp3) is 0.923. The van der Waals surface area contributed by atoms with Gasteiger partial charge in [-0.05, 0) is 46.2 Å². The average molecular weight is 319 g/mol. The first kappa shape index (κ1) is 16.7. The van der Waals surface area contributed by atoms with E-state index in [1.807, 2.05) is 14.1 Å². The predicted molar refractivity (Wildman–Crippen MR) is 79.1 cm³/mol. The van der Waals surface area contributed by atoms with Gasteiger partial charge in [-0.1, -0.05) is 0 Å². The van der Waals surface area contributed by atoms with E-state index < -0.39 is 22.1 Å². The molecule has 2 fully saturated rings. The molecule has 0 spiro atoms. The Morgan fingerprint density at radius 1 is 1.33 bits per heavy atom. The maximum atomic E-state index is 12.3. The van der Waals surface area contributed by atoms with Gasteiger partial charge in [-0.15, -0.1) is 0 Å². The lowest BCUT2D eigenvalue weighted by atomic mass is 9.76. The van der Waals surface area contributed by atoms with Gasteiger partial charge in [0.25, 0.3) is 10.2 Å². The van der Waals surface area contributed by atoms with Crippen LogP contribution in [-0.2, 0) is 15.0 Å². The molecule has 1 heterocycles. The van der Waals surface area contributed by atoms with E-state index in [1.54, 1.807) is 0 Å². The van der Waals surface area contributed by atoms with Gasteiger partial charge in [0.2, 0.25) is 0 Å². The summed E-state index contributed by atoms with van der Waals surface area (Å²) in [4.78, 5) is 13.0. The Morgan fingerprint density at radius 3 is 2.29 bits per heavy atom. The zero-order valence-corrected chi connectivity index (χ0v) is 13.5. The molecule has 1 saturated heterocycles. The van der Waals surface area contributed by atoms with Crippen molar-refractivity contribution >= 4 is 16.2 Å². The Labute approximate surface area is 126 Å². The number of hydrogen-bond donors (Lipinski definition) is 2. The number of carbonyl (C=O) groups is 1. The van der Waals surface area contributed by atoms with Gasteiger partial charge in [-0.3, -0.25) is 4.79 Å². The molecule has 8 heteroatoms. The first-order valence-corrected chi connectivity index (χ1v) is 8.86. The quantitative estimate of drug-likeness (QED) is 0.725. The highest BCUT2D eigenvalue weighted by atomic mass is 32.2. The van der Waals surface area contributed by atoms with Crippen molar-refractivity contribution in [1.82, 2.24) is 13.9 Å². The van der Waals surface area contributed by atoms with Crippen LogP contribution in [0, 0.1) is 5.92 Å². The molecule has 0 aromatic heterocycles. The van der Waals surface area contributed by atoms with Gasteiger partial charge in [0.05, 0.1) is 5.92 Å². The minimum Gasteiger partial charge on any atom is -0.481 e. The summed E-state index contributed by atoms with van der Waals surface area (Å²) in [5.41, 5.74) is -0.0630. The molecule has 1 aliphatic carbocycles. The Balaban J connectivity index is 1.89. The third kappa shape index (κ3) is 3.56. The predicted octanol–water partition coefficient (Wildman–Crippen LogP) is 0.102. The molecule has 0 atom stereocenters. The molecule has 2 rings (SSSR count). The van der Waals surface area contributed by atoms with Crippen molar-refractivity contribution in [3.05, 3.63) is 0 Å². The van der Waals surface area contributed by atoms with E-state index in [-0.39, 0.29) is 18.6 Å². The van der Waals surface area contributed by atoms with Crippen molar-refractivity contribution in [3.63, 3.8) is 0 Å². The fourth-order valence-electron chi connectivity index (χ4n) is 3.03. The Bertz CT molecular complexity index is 480. The van der Waals surface area contributed by atoms with Gasteiger partial charge >= 0.3 is 5.97 Å². The number of nitrogens with one attached hydrogen (secondary N) is 1. The molecule has 7 nitrogen and oxygen atoms in total. The zero-order chi connectivity index (χ0) is 15.7. The second-order valence-corrected chi connectivity index (χ2v) is 8.07. The number of piperidine rings is 1. The topological polar surface area (TPSA) is 90.0 Å². The normalized spacial score (nSPS) is 24.0. The molecular formula is C13H25N3O4S. The van der Waals surface area contributed by atoms with Crippen molar-refractivity contribution in [1.29, 1.82) is 0 Å². The van der Waals surface area contributed by atoms with E-state index in [0.29, 0.717) is 19.4 Å². The maximum Gasteiger partial charge on any atom is 0.306 e. The summed E-state index contributed by atoms with van der Waals surface area (Å²) in [5, 5.41) is 8.95. The first-order valence-electron chi connectivity index (χ1n) is 7.42. The number of likely N-dealkylation sites (N-methyl/N-ethyl adjacent to an activating group) is 1. The van der Waals surface area contributed by atoms with E-state index >= 15 is 0 Å². The molecule has 1 saturated carbocycles. The molecular weight excluding hydrogens is 294 g/mol. The highest BCUT2D eigenvalue weighted by Gasteiger charge is 2.40. The van der Waals surface area contributed by atoms with Crippen molar-refractivity contribution in [3.8, 4) is 0 Å². The Kier molecular flexibility index (Phi) is 4.92. The minimum absolute atomic E-state index is 0.0630. The molecule has 1 aliphatic heterocycles. The summed E-state index contributed by atoms with van der Waals surface area (Å²) in [7, 11) is 0.444. The lowest BCUT2D eigenvalue weighted by Crippen LogP contribution is -2.59. The molecule has 0 amide bonds. The van der Waals surface area contributed by atoms with E-state index in [0.717, 1.165) is 19.3 Å². The number of hydrogen-bond acceptors (Lipinski definition) is 4. The number of rotatable bonds is 6. The van der Waals surface area contributed by atoms with Crippen LogP contribution in [0.4, 0.5) is 0 Å². The highest BCUT2D eigenvalue weighted by Crippen LogP contribution is 2.35. The second kappa shape index (κ2) is 6.20. The monoisotopic (exact) mass is 319 g/mol. The third-order valence-electron chi connectivity index (χ3n) is 4.96. The maximum absolute atomic E-state index is 12.3. The lowest BCUT2D eigenvalue weighted by Gasteiger charge is -2.47. The summed E-state index contributed by atoms with van der Waals surface area (Å²) in [6, 6.07) is 0. The van der Waals surface area contributed by atoms with Crippen LogP contribution in [0.2, 0.25) is 0 Å². The van der Waals surface area contributed by atoms with Crippen LogP contribution in [0.5, 0.6) is 0 Å². The lowest BCUT2D eigenvalue weighted by molar-refractivity contribution is -0.142. The molecule has 0 aromatic carbocycles. The summed E-state index contributed by atoms with van der Waals surface area (Å²) < 4.78 is 28.7. The zero-order valence-electron chi connectivity index (χ0n) is 12.7. The molecule has 0 aromatic rings. The third-order valence-corrected chi connectivity index (χ3v) is 6.51. The van der Waals surface area contributed by atoms with E-state index in [1.165, 1.54) is 4.31 Å². The van der Waals surface area contributed by atoms with Crippen molar-refractivity contribution < 1.29 is 18.3 Å². The van der Waals surface area contributed by atoms with Gasteiger partial charge in [-0.25, -0.2) is 4.72 Å². The van der Waals surface area contributed by atoms with E-state index in [4.69, 9.17) is 5.11 Å². The molecule has 2 aliphatic rings. The Hall–Kier alpha value is -0.700. The van der Waals surface area contributed by atoms with E-state index in [2.05, 4.69) is 9.62 Å². The molecule has 0 unspecified atom stereocenters. The SMILES string of the molecule is CN(C)C1(CNS(=O)(=O)N2CCC(C(=O)O)CC2)CCC1. The van der Waals surface area contributed by atoms with Crippen LogP contribution in [0.25, 0.3) is 0 Å². The van der Waals surface area contributed by atoms with Crippen molar-refractivity contribution in [2.45, 2.75) is 37.6 Å². The molecule has 21 heavy (non-hydrogen) atoms. The standard InChI is InChI=1S/C13H25N3O4S/c1-15(2)13(6-3-7-13)10-14-21(19,20)16-8-4-11(5-9-16)12(17)18/h11,14H,3-10H2,1-2H3,(H,17,18). The van der Waals surface area contributed by atoms with Crippen LogP contribution in [0.1, 0.15) is 32.1 Å². The average Bonchev–Trinajstić information content (AvgIpc) is 2.37.